The molecule has 0 spiro atoms. The van der Waals surface area contributed by atoms with Crippen LogP contribution in [0.4, 0.5) is 17.1 Å². The van der Waals surface area contributed by atoms with Gasteiger partial charge in [-0.3, -0.25) is 41.2 Å². The molecular weight excluding hydrogens is 887 g/mol. The fourth-order valence-corrected chi connectivity index (χ4v) is 6.46. The number of benzene rings is 5. The van der Waals surface area contributed by atoms with Crippen molar-refractivity contribution in [3.05, 3.63) is 150 Å². The lowest BCUT2D eigenvalue weighted by atomic mass is 10.1. The van der Waals surface area contributed by atoms with Gasteiger partial charge in [-0.25, -0.2) is 0 Å². The number of amidine groups is 2. The normalized spacial score (nSPS) is 10.1. The predicted molar refractivity (Wildman–Crippen MR) is 219 cm³/mol. The molecule has 0 unspecified atom stereocenters. The van der Waals surface area contributed by atoms with Crippen LogP contribution in [0.1, 0.15) is 11.1 Å². The molecule has 15 nitrogen and oxygen atoms in total. The third-order valence-electron chi connectivity index (χ3n) is 6.38. The monoisotopic (exact) mass is 907 g/mol. The van der Waals surface area contributed by atoms with E-state index in [-0.39, 0.29) is 25.4 Å². The van der Waals surface area contributed by atoms with Crippen LogP contribution in [0, 0.1) is 41.2 Å². The summed E-state index contributed by atoms with van der Waals surface area (Å²) in [5, 5.41) is 70.3. The number of halogens is 6. The van der Waals surface area contributed by atoms with Gasteiger partial charge in [-0.15, -0.1) is 0 Å². The van der Waals surface area contributed by atoms with Crippen LogP contribution in [0.3, 0.4) is 0 Å². The Morgan fingerprint density at radius 3 is 1.71 bits per heavy atom. The molecule has 6 N–H and O–H groups in total. The highest BCUT2D eigenvalue weighted by atomic mass is 35.5. The van der Waals surface area contributed by atoms with Gasteiger partial charge >= 0.3 is 0 Å². The number of nitrogens with two attached hydrogens (primary N) is 2. The number of hydrogen-bond donors (Lipinski definition) is 4. The zero-order chi connectivity index (χ0) is 41.6. The first kappa shape index (κ1) is 46.7. The molecule has 23 heteroatoms. The lowest BCUT2D eigenvalue weighted by Crippen LogP contribution is -2.03. The summed E-state index contributed by atoms with van der Waals surface area (Å²) < 4.78 is 0. The number of nitrogens with one attached hydrogen (secondary N) is 2. The van der Waals surface area contributed by atoms with Gasteiger partial charge < -0.3 is 21.7 Å². The van der Waals surface area contributed by atoms with E-state index in [1.807, 2.05) is 42.5 Å². The van der Waals surface area contributed by atoms with Crippen LogP contribution in [-0.4, -0.2) is 25.1 Å². The molecule has 0 heterocycles. The molecule has 0 amide bonds. The molecule has 5 aromatic carbocycles. The Labute approximate surface area is 349 Å². The van der Waals surface area contributed by atoms with Crippen molar-refractivity contribution in [2.24, 2.45) is 11.5 Å². The average Bonchev–Trinajstić information content (AvgIpc) is 3.11. The zero-order valence-electron chi connectivity index (χ0n) is 27.3. The van der Waals surface area contributed by atoms with E-state index in [2.05, 4.69) is 0 Å². The van der Waals surface area contributed by atoms with Crippen LogP contribution in [-0.2, 0) is 11.5 Å². The summed E-state index contributed by atoms with van der Waals surface area (Å²) in [5.74, 6) is -0.463. The molecule has 5 rings (SSSR count). The SMILES string of the molecule is N=C(N)SCc1ccc(Cl)c2ccccc12.N=C(N)SCc1ccc(Cl)cc1Cl.O=[N+]([O-])c1c([O-])c(Cl)cc(Cl)c1Cl.O=[N+]([O-])c1ccc([O-])c([N+](=O)[O-])c1. The van der Waals surface area contributed by atoms with E-state index in [0.29, 0.717) is 27.6 Å². The van der Waals surface area contributed by atoms with E-state index in [0.717, 1.165) is 45.1 Å². The maximum absolute atomic E-state index is 11.1. The number of rotatable bonds is 7. The maximum Gasteiger partial charge on any atom is 0.283 e. The number of nitro groups is 3. The minimum atomic E-state index is -0.949. The van der Waals surface area contributed by atoms with Crippen molar-refractivity contribution in [1.29, 1.82) is 10.8 Å². The third-order valence-corrected chi connectivity index (χ3v) is 9.89. The highest BCUT2D eigenvalue weighted by Crippen LogP contribution is 2.42. The quantitative estimate of drug-likeness (QED) is 0.0390. The molecule has 0 aromatic heterocycles. The van der Waals surface area contributed by atoms with Crippen LogP contribution in [0.5, 0.6) is 11.5 Å². The minimum absolute atomic E-state index is 0.0889. The molecular formula is C32H23Cl6N7O8S2-2. The van der Waals surface area contributed by atoms with Crippen LogP contribution in [0.15, 0.2) is 78.9 Å². The van der Waals surface area contributed by atoms with Gasteiger partial charge in [-0.1, -0.05) is 136 Å². The van der Waals surface area contributed by atoms with E-state index >= 15 is 0 Å². The van der Waals surface area contributed by atoms with Crippen molar-refractivity contribution < 1.29 is 25.0 Å². The first-order valence-corrected chi connectivity index (χ1v) is 18.6. The number of hydrogen-bond acceptors (Lipinski definition) is 12. The summed E-state index contributed by atoms with van der Waals surface area (Å²) >= 11 is 36.6. The number of non-ortho nitro benzene ring substituents is 1. The molecule has 55 heavy (non-hydrogen) atoms. The topological polar surface area (TPSA) is 275 Å². The molecule has 0 aliphatic carbocycles. The van der Waals surface area contributed by atoms with E-state index in [1.165, 1.54) is 23.5 Å². The lowest BCUT2D eigenvalue weighted by Gasteiger charge is -2.10. The maximum atomic E-state index is 11.1. The molecule has 0 saturated heterocycles. The van der Waals surface area contributed by atoms with Crippen molar-refractivity contribution in [2.45, 2.75) is 11.5 Å². The molecule has 0 radical (unpaired) electrons. The van der Waals surface area contributed by atoms with Crippen LogP contribution in [0.2, 0.25) is 30.1 Å². The molecule has 5 aromatic rings. The lowest BCUT2D eigenvalue weighted by molar-refractivity contribution is -0.403. The van der Waals surface area contributed by atoms with Crippen molar-refractivity contribution in [3.8, 4) is 11.5 Å². The van der Waals surface area contributed by atoms with Gasteiger partial charge in [0.1, 0.15) is 5.02 Å². The van der Waals surface area contributed by atoms with Crippen molar-refractivity contribution in [1.82, 2.24) is 0 Å². The molecule has 0 fully saturated rings. The van der Waals surface area contributed by atoms with Crippen molar-refractivity contribution in [2.75, 3.05) is 0 Å². The van der Waals surface area contributed by atoms with Gasteiger partial charge in [-0.2, -0.15) is 0 Å². The largest absolute Gasteiger partial charge is 0.868 e. The van der Waals surface area contributed by atoms with Crippen molar-refractivity contribution >= 4 is 131 Å². The second-order valence-corrected chi connectivity index (χ2v) is 14.5. The second kappa shape index (κ2) is 22.2. The highest BCUT2D eigenvalue weighted by Gasteiger charge is 2.19. The van der Waals surface area contributed by atoms with E-state index in [4.69, 9.17) is 91.9 Å². The minimum Gasteiger partial charge on any atom is -0.868 e. The molecule has 290 valence electrons. The number of fused-ring (bicyclic) bond motifs is 1. The summed E-state index contributed by atoms with van der Waals surface area (Å²) in [4.78, 5) is 28.0. The Morgan fingerprint density at radius 2 is 1.18 bits per heavy atom. The van der Waals surface area contributed by atoms with Gasteiger partial charge in [0.2, 0.25) is 0 Å². The number of nitro benzene ring substituents is 3. The average molecular weight is 910 g/mol. The number of thioether (sulfide) groups is 2. The van der Waals surface area contributed by atoms with E-state index in [1.54, 1.807) is 12.1 Å². The Hall–Kier alpha value is -4.46. The van der Waals surface area contributed by atoms with Crippen LogP contribution < -0.4 is 21.7 Å². The number of nitrogens with zero attached hydrogens (tertiary/aromatic N) is 3. The fourth-order valence-electron chi connectivity index (χ4n) is 3.89. The highest BCUT2D eigenvalue weighted by molar-refractivity contribution is 8.13. The smallest absolute Gasteiger partial charge is 0.283 e. The van der Waals surface area contributed by atoms with Gasteiger partial charge in [0, 0.05) is 43.0 Å². The predicted octanol–water partition coefficient (Wildman–Crippen LogP) is 9.95. The Balaban J connectivity index is 0.000000255. The molecule has 0 saturated carbocycles. The van der Waals surface area contributed by atoms with E-state index in [9.17, 15) is 40.6 Å². The standard InChI is InChI=1S/C12H11ClN2S.C8H8Cl2N2S.C6H2Cl3NO3.C6H4N2O5/c13-11-6-5-8(7-16-12(14)15)9-3-1-2-4-10(9)11;9-6-2-1-5(7(10)3-6)4-13-8(11)12;7-2-1-3(8)6(11)5(4(2)9)10(12)13;9-6-2-1-4(7(10)11)3-5(6)8(12)13/h1-6H,7H2,(H3,14,15);1-3H,4H2,(H3,11,12);1,11H;1-3,9H/p-2. The first-order valence-electron chi connectivity index (χ1n) is 14.4. The van der Waals surface area contributed by atoms with Crippen molar-refractivity contribution in [3.63, 3.8) is 0 Å². The third kappa shape index (κ3) is 14.6. The second-order valence-electron chi connectivity index (χ2n) is 10.0. The van der Waals surface area contributed by atoms with Crippen LogP contribution in [0.25, 0.3) is 10.8 Å². The Morgan fingerprint density at radius 1 is 0.618 bits per heavy atom. The summed E-state index contributed by atoms with van der Waals surface area (Å²) in [5.41, 5.74) is 10.6. The van der Waals surface area contributed by atoms with E-state index < -0.39 is 43.3 Å². The molecule has 0 aliphatic heterocycles. The summed E-state index contributed by atoms with van der Waals surface area (Å²) in [6, 6.07) is 20.6. The zero-order valence-corrected chi connectivity index (χ0v) is 33.4. The van der Waals surface area contributed by atoms with Gasteiger partial charge in [-0.05, 0) is 52.3 Å². The van der Waals surface area contributed by atoms with Gasteiger partial charge in [0.25, 0.3) is 17.1 Å². The Kier molecular flexibility index (Phi) is 18.8. The molecule has 0 aliphatic rings. The molecule has 0 bridgehead atoms. The summed E-state index contributed by atoms with van der Waals surface area (Å²) in [7, 11) is 0. The van der Waals surface area contributed by atoms with Gasteiger partial charge in [0.05, 0.1) is 25.9 Å². The fraction of sp³-hybridized carbons (Fsp3) is 0.0625. The Bertz CT molecular complexity index is 2230. The van der Waals surface area contributed by atoms with Crippen LogP contribution >= 0.6 is 93.1 Å². The van der Waals surface area contributed by atoms with Gasteiger partial charge in [0.15, 0.2) is 10.3 Å². The first-order chi connectivity index (χ1) is 25.7. The molecule has 0 atom stereocenters. The summed E-state index contributed by atoms with van der Waals surface area (Å²) in [6.45, 7) is 0. The summed E-state index contributed by atoms with van der Waals surface area (Å²) in [6.07, 6.45) is 0.